The smallest absolute Gasteiger partial charge is 0.273 e. The number of aromatic nitrogens is 1. The number of carbonyl (C=O) groups is 1. The van der Waals surface area contributed by atoms with Gasteiger partial charge in [0.25, 0.3) is 5.91 Å². The molecule has 0 saturated carbocycles. The van der Waals surface area contributed by atoms with Gasteiger partial charge in [-0.05, 0) is 6.42 Å². The van der Waals surface area contributed by atoms with Crippen LogP contribution in [0, 0.1) is 6.92 Å². The number of nitrogens with zero attached hydrogens (tertiary/aromatic N) is 1. The molecule has 0 radical (unpaired) electrons. The third-order valence-corrected chi connectivity index (χ3v) is 1.39. The van der Waals surface area contributed by atoms with E-state index in [1.54, 1.807) is 6.92 Å². The Kier molecular flexibility index (Phi) is 2.85. The zero-order valence-electron chi connectivity index (χ0n) is 7.26. The van der Waals surface area contributed by atoms with Gasteiger partial charge in [-0.1, -0.05) is 6.92 Å². The van der Waals surface area contributed by atoms with Gasteiger partial charge in [0.1, 0.15) is 6.26 Å². The summed E-state index contributed by atoms with van der Waals surface area (Å²) < 4.78 is 4.89. The van der Waals surface area contributed by atoms with E-state index in [1.807, 2.05) is 6.92 Å². The standard InChI is InChI=1S/C8H12N2O2/c1-3-4-9-8(11)7-5-12-6(2)10-7/h5H,3-4H2,1-2H3,(H,9,11). The molecule has 0 aliphatic rings. The molecular formula is C8H12N2O2. The van der Waals surface area contributed by atoms with Gasteiger partial charge in [-0.2, -0.15) is 0 Å². The van der Waals surface area contributed by atoms with Crippen molar-refractivity contribution in [3.8, 4) is 0 Å². The van der Waals surface area contributed by atoms with Crippen molar-refractivity contribution in [2.75, 3.05) is 6.54 Å². The molecule has 1 N–H and O–H groups in total. The fourth-order valence-electron chi connectivity index (χ4n) is 0.797. The minimum absolute atomic E-state index is 0.172. The Morgan fingerprint density at radius 2 is 2.50 bits per heavy atom. The van der Waals surface area contributed by atoms with Gasteiger partial charge >= 0.3 is 0 Å². The second kappa shape index (κ2) is 3.90. The molecule has 0 fully saturated rings. The molecule has 4 nitrogen and oxygen atoms in total. The summed E-state index contributed by atoms with van der Waals surface area (Å²) >= 11 is 0. The molecule has 12 heavy (non-hydrogen) atoms. The Morgan fingerprint density at radius 3 is 3.00 bits per heavy atom. The average Bonchev–Trinajstić information content (AvgIpc) is 2.47. The molecular weight excluding hydrogens is 156 g/mol. The van der Waals surface area contributed by atoms with E-state index in [9.17, 15) is 4.79 Å². The maximum atomic E-state index is 11.2. The number of hydrogen-bond donors (Lipinski definition) is 1. The molecule has 0 aliphatic carbocycles. The van der Waals surface area contributed by atoms with Crippen LogP contribution in [0.1, 0.15) is 29.7 Å². The Bertz CT molecular complexity index is 268. The lowest BCUT2D eigenvalue weighted by Crippen LogP contribution is -2.24. The number of amides is 1. The minimum Gasteiger partial charge on any atom is -0.448 e. The van der Waals surface area contributed by atoms with Crippen LogP contribution in [0.2, 0.25) is 0 Å². The summed E-state index contributed by atoms with van der Waals surface area (Å²) in [7, 11) is 0. The first-order valence-electron chi connectivity index (χ1n) is 3.94. The lowest BCUT2D eigenvalue weighted by Gasteiger charge is -1.97. The molecule has 0 unspecified atom stereocenters. The van der Waals surface area contributed by atoms with Crippen LogP contribution in [-0.2, 0) is 0 Å². The van der Waals surface area contributed by atoms with Crippen LogP contribution in [0.5, 0.6) is 0 Å². The summed E-state index contributed by atoms with van der Waals surface area (Å²) in [5.41, 5.74) is 0.348. The SMILES string of the molecule is CCCNC(=O)c1coc(C)n1. The lowest BCUT2D eigenvalue weighted by atomic mass is 10.4. The topological polar surface area (TPSA) is 55.1 Å². The molecule has 1 heterocycles. The van der Waals surface area contributed by atoms with Crippen LogP contribution in [0.4, 0.5) is 0 Å². The van der Waals surface area contributed by atoms with E-state index in [4.69, 9.17) is 4.42 Å². The first-order chi connectivity index (χ1) is 5.74. The van der Waals surface area contributed by atoms with Crippen molar-refractivity contribution in [3.05, 3.63) is 17.8 Å². The van der Waals surface area contributed by atoms with Crippen LogP contribution in [-0.4, -0.2) is 17.4 Å². The highest BCUT2D eigenvalue weighted by atomic mass is 16.3. The highest BCUT2D eigenvalue weighted by Crippen LogP contribution is 1.99. The van der Waals surface area contributed by atoms with Gasteiger partial charge in [-0.3, -0.25) is 4.79 Å². The van der Waals surface area contributed by atoms with E-state index in [0.717, 1.165) is 6.42 Å². The van der Waals surface area contributed by atoms with Crippen LogP contribution in [0.25, 0.3) is 0 Å². The first-order valence-corrected chi connectivity index (χ1v) is 3.94. The van der Waals surface area contributed by atoms with E-state index in [2.05, 4.69) is 10.3 Å². The fourth-order valence-corrected chi connectivity index (χ4v) is 0.797. The normalized spacial score (nSPS) is 9.83. The van der Waals surface area contributed by atoms with Crippen molar-refractivity contribution in [2.45, 2.75) is 20.3 Å². The summed E-state index contributed by atoms with van der Waals surface area (Å²) in [4.78, 5) is 15.1. The number of hydrogen-bond acceptors (Lipinski definition) is 3. The average molecular weight is 168 g/mol. The summed E-state index contributed by atoms with van der Waals surface area (Å²) in [6, 6.07) is 0. The number of carbonyl (C=O) groups excluding carboxylic acids is 1. The van der Waals surface area contributed by atoms with Crippen molar-refractivity contribution < 1.29 is 9.21 Å². The van der Waals surface area contributed by atoms with E-state index >= 15 is 0 Å². The Hall–Kier alpha value is -1.32. The molecule has 0 aliphatic heterocycles. The van der Waals surface area contributed by atoms with Crippen molar-refractivity contribution in [1.82, 2.24) is 10.3 Å². The van der Waals surface area contributed by atoms with Gasteiger partial charge in [0.2, 0.25) is 0 Å². The third-order valence-electron chi connectivity index (χ3n) is 1.39. The second-order valence-electron chi connectivity index (χ2n) is 2.51. The molecule has 1 aromatic rings. The molecule has 0 atom stereocenters. The third kappa shape index (κ3) is 2.08. The fraction of sp³-hybridized carbons (Fsp3) is 0.500. The number of rotatable bonds is 3. The maximum Gasteiger partial charge on any atom is 0.273 e. The number of oxazole rings is 1. The molecule has 66 valence electrons. The van der Waals surface area contributed by atoms with Crippen molar-refractivity contribution >= 4 is 5.91 Å². The van der Waals surface area contributed by atoms with E-state index in [0.29, 0.717) is 18.1 Å². The highest BCUT2D eigenvalue weighted by molar-refractivity contribution is 5.91. The summed E-state index contributed by atoms with van der Waals surface area (Å²) in [5, 5.41) is 2.70. The van der Waals surface area contributed by atoms with Crippen LogP contribution in [0.3, 0.4) is 0 Å². The molecule has 1 rings (SSSR count). The van der Waals surface area contributed by atoms with E-state index in [1.165, 1.54) is 6.26 Å². The molecule has 0 aromatic carbocycles. The Labute approximate surface area is 71.0 Å². The van der Waals surface area contributed by atoms with Crippen LogP contribution >= 0.6 is 0 Å². The number of aryl methyl sites for hydroxylation is 1. The van der Waals surface area contributed by atoms with Gasteiger partial charge in [0.05, 0.1) is 0 Å². The minimum atomic E-state index is -0.172. The van der Waals surface area contributed by atoms with Gasteiger partial charge in [0.15, 0.2) is 11.6 Å². The predicted octanol–water partition coefficient (Wildman–Crippen LogP) is 1.12. The quantitative estimate of drug-likeness (QED) is 0.735. The highest BCUT2D eigenvalue weighted by Gasteiger charge is 2.08. The monoisotopic (exact) mass is 168 g/mol. The summed E-state index contributed by atoms with van der Waals surface area (Å²) in [6.45, 7) is 4.37. The Morgan fingerprint density at radius 1 is 1.75 bits per heavy atom. The van der Waals surface area contributed by atoms with Gasteiger partial charge in [-0.15, -0.1) is 0 Å². The first kappa shape index (κ1) is 8.77. The van der Waals surface area contributed by atoms with Crippen molar-refractivity contribution in [1.29, 1.82) is 0 Å². The molecule has 4 heteroatoms. The van der Waals surface area contributed by atoms with E-state index in [-0.39, 0.29) is 5.91 Å². The molecule has 0 saturated heterocycles. The zero-order chi connectivity index (χ0) is 8.97. The molecule has 0 spiro atoms. The Balaban J connectivity index is 2.53. The zero-order valence-corrected chi connectivity index (χ0v) is 7.26. The second-order valence-corrected chi connectivity index (χ2v) is 2.51. The van der Waals surface area contributed by atoms with Crippen molar-refractivity contribution in [3.63, 3.8) is 0 Å². The lowest BCUT2D eigenvalue weighted by molar-refractivity contribution is 0.0948. The number of nitrogens with one attached hydrogen (secondary N) is 1. The van der Waals surface area contributed by atoms with Gasteiger partial charge < -0.3 is 9.73 Å². The molecule has 1 amide bonds. The van der Waals surface area contributed by atoms with Gasteiger partial charge in [-0.25, -0.2) is 4.98 Å². The van der Waals surface area contributed by atoms with Crippen LogP contribution in [0.15, 0.2) is 10.7 Å². The van der Waals surface area contributed by atoms with E-state index < -0.39 is 0 Å². The molecule has 0 bridgehead atoms. The van der Waals surface area contributed by atoms with Crippen LogP contribution < -0.4 is 5.32 Å². The predicted molar refractivity (Wildman–Crippen MR) is 43.9 cm³/mol. The largest absolute Gasteiger partial charge is 0.448 e. The molecule has 1 aromatic heterocycles. The summed E-state index contributed by atoms with van der Waals surface area (Å²) in [5.74, 6) is 0.338. The maximum absolute atomic E-state index is 11.2. The van der Waals surface area contributed by atoms with Crippen molar-refractivity contribution in [2.24, 2.45) is 0 Å². The summed E-state index contributed by atoms with van der Waals surface area (Å²) in [6.07, 6.45) is 2.28. The van der Waals surface area contributed by atoms with Gasteiger partial charge in [0, 0.05) is 13.5 Å².